The van der Waals surface area contributed by atoms with Gasteiger partial charge in [0.15, 0.2) is 23.0 Å². The molecule has 0 unspecified atom stereocenters. The number of aryl methyl sites for hydroxylation is 1. The van der Waals surface area contributed by atoms with E-state index < -0.39 is 0 Å². The van der Waals surface area contributed by atoms with Crippen molar-refractivity contribution < 1.29 is 33.7 Å². The lowest BCUT2D eigenvalue weighted by molar-refractivity contribution is -0.649. The van der Waals surface area contributed by atoms with Gasteiger partial charge in [-0.25, -0.2) is 0 Å². The van der Waals surface area contributed by atoms with E-state index in [-0.39, 0.29) is 18.4 Å². The van der Waals surface area contributed by atoms with Gasteiger partial charge in [0.2, 0.25) is 12.3 Å². The summed E-state index contributed by atoms with van der Waals surface area (Å²) in [6.07, 6.45) is 0. The molecule has 142 valence electrons. The summed E-state index contributed by atoms with van der Waals surface area (Å²) < 4.78 is 23.5. The summed E-state index contributed by atoms with van der Waals surface area (Å²) in [7, 11) is 4.74. The maximum atomic E-state index is 11.0. The van der Waals surface area contributed by atoms with E-state index in [1.807, 2.05) is 24.3 Å². The van der Waals surface area contributed by atoms with E-state index in [1.54, 1.807) is 11.6 Å². The van der Waals surface area contributed by atoms with Crippen LogP contribution in [0, 0.1) is 0 Å². The van der Waals surface area contributed by atoms with E-state index in [2.05, 4.69) is 0 Å². The van der Waals surface area contributed by atoms with Crippen molar-refractivity contribution in [2.75, 3.05) is 21.0 Å². The summed E-state index contributed by atoms with van der Waals surface area (Å²) in [6.45, 7) is 0.182. The van der Waals surface area contributed by atoms with E-state index in [9.17, 15) is 10.2 Å². The smallest absolute Gasteiger partial charge is 0.377 e. The highest BCUT2D eigenvalue weighted by molar-refractivity contribution is 6.18. The van der Waals surface area contributed by atoms with Gasteiger partial charge in [-0.2, -0.15) is 4.57 Å². The number of benzene rings is 3. The van der Waals surface area contributed by atoms with E-state index >= 15 is 0 Å². The van der Waals surface area contributed by atoms with Crippen LogP contribution in [0.2, 0.25) is 0 Å². The summed E-state index contributed by atoms with van der Waals surface area (Å²) in [4.78, 5) is 0. The molecule has 0 spiro atoms. The van der Waals surface area contributed by atoms with Crippen LogP contribution in [0.15, 0.2) is 30.3 Å². The number of hydrogen-bond donors (Lipinski definition) is 2. The summed E-state index contributed by atoms with van der Waals surface area (Å²) in [6, 6.07) is 9.15. The SMILES string of the molecule is COc1cc(O)c2c(c1OC)c(O)[n+](C)c1c3cc4c(cc3ccc21)OCO4. The Labute approximate surface area is 159 Å². The molecule has 7 nitrogen and oxygen atoms in total. The van der Waals surface area contributed by atoms with Crippen molar-refractivity contribution >= 4 is 32.4 Å². The molecule has 28 heavy (non-hydrogen) atoms. The molecule has 2 N–H and O–H groups in total. The van der Waals surface area contributed by atoms with Gasteiger partial charge in [-0.1, -0.05) is 6.07 Å². The zero-order chi connectivity index (χ0) is 19.6. The highest BCUT2D eigenvalue weighted by Crippen LogP contribution is 2.47. The lowest BCUT2D eigenvalue weighted by atomic mass is 9.99. The second-order valence-corrected chi connectivity index (χ2v) is 6.65. The minimum absolute atomic E-state index is 0.00589. The summed E-state index contributed by atoms with van der Waals surface area (Å²) >= 11 is 0. The van der Waals surface area contributed by atoms with Gasteiger partial charge < -0.3 is 29.2 Å². The van der Waals surface area contributed by atoms with Crippen LogP contribution in [0.1, 0.15) is 0 Å². The number of aromatic hydroxyl groups is 2. The van der Waals surface area contributed by atoms with Gasteiger partial charge in [-0.05, 0) is 23.6 Å². The molecule has 1 aliphatic rings. The topological polar surface area (TPSA) is 81.3 Å². The number of hydrogen-bond acceptors (Lipinski definition) is 6. The number of phenols is 1. The summed E-state index contributed by atoms with van der Waals surface area (Å²) in [5.41, 5.74) is 0.753. The predicted molar refractivity (Wildman–Crippen MR) is 103 cm³/mol. The highest BCUT2D eigenvalue weighted by Gasteiger charge is 2.28. The standard InChI is InChI=1S/C21H17NO6/c1-22-19-11(5-4-10-6-14-15(7-12(10)19)28-9-27-14)17-13(23)8-16(25-2)20(26-3)18(17)21(22)24/h4-8,23H,9H2,1-3H3/p+1. The van der Waals surface area contributed by atoms with Crippen LogP contribution in [0.25, 0.3) is 32.4 Å². The maximum Gasteiger partial charge on any atom is 0.377 e. The molecular formula is C21H18NO6+. The Bertz CT molecular complexity index is 1300. The minimum atomic E-state index is -0.0429. The van der Waals surface area contributed by atoms with Gasteiger partial charge >= 0.3 is 5.88 Å². The van der Waals surface area contributed by atoms with Crippen molar-refractivity contribution in [1.82, 2.24) is 0 Å². The number of nitrogens with zero attached hydrogens (tertiary/aromatic N) is 1. The van der Waals surface area contributed by atoms with Crippen LogP contribution in [-0.4, -0.2) is 31.2 Å². The Morgan fingerprint density at radius 1 is 0.929 bits per heavy atom. The molecule has 7 heteroatoms. The lowest BCUT2D eigenvalue weighted by Gasteiger charge is -2.14. The van der Waals surface area contributed by atoms with Gasteiger partial charge in [-0.3, -0.25) is 0 Å². The van der Waals surface area contributed by atoms with Crippen molar-refractivity contribution in [3.63, 3.8) is 0 Å². The van der Waals surface area contributed by atoms with Crippen LogP contribution >= 0.6 is 0 Å². The second-order valence-electron chi connectivity index (χ2n) is 6.65. The van der Waals surface area contributed by atoms with E-state index in [1.165, 1.54) is 20.3 Å². The number of methoxy groups -OCH3 is 2. The quantitative estimate of drug-likeness (QED) is 0.411. The fourth-order valence-corrected chi connectivity index (χ4v) is 4.00. The van der Waals surface area contributed by atoms with E-state index in [4.69, 9.17) is 18.9 Å². The van der Waals surface area contributed by atoms with Gasteiger partial charge in [-0.15, -0.1) is 0 Å². The highest BCUT2D eigenvalue weighted by atomic mass is 16.7. The Morgan fingerprint density at radius 2 is 1.68 bits per heavy atom. The van der Waals surface area contributed by atoms with E-state index in [0.29, 0.717) is 33.8 Å². The molecule has 2 heterocycles. The molecule has 3 aromatic carbocycles. The third-order valence-corrected chi connectivity index (χ3v) is 5.28. The monoisotopic (exact) mass is 380 g/mol. The third-order valence-electron chi connectivity index (χ3n) is 5.28. The van der Waals surface area contributed by atoms with Gasteiger partial charge in [0.05, 0.1) is 30.4 Å². The first kappa shape index (κ1) is 16.6. The zero-order valence-electron chi connectivity index (χ0n) is 15.6. The molecule has 0 atom stereocenters. The predicted octanol–water partition coefficient (Wildman–Crippen LogP) is 3.13. The number of pyridine rings is 1. The Morgan fingerprint density at radius 3 is 2.39 bits per heavy atom. The number of ether oxygens (including phenoxy) is 4. The van der Waals surface area contributed by atoms with Crippen LogP contribution in [0.4, 0.5) is 0 Å². The second kappa shape index (κ2) is 5.69. The molecule has 0 fully saturated rings. The molecule has 0 bridgehead atoms. The largest absolute Gasteiger partial charge is 0.507 e. The van der Waals surface area contributed by atoms with Gasteiger partial charge in [0, 0.05) is 6.07 Å². The van der Waals surface area contributed by atoms with Crippen LogP contribution in [-0.2, 0) is 7.05 Å². The molecule has 0 saturated heterocycles. The fourth-order valence-electron chi connectivity index (χ4n) is 4.00. The molecule has 5 rings (SSSR count). The Balaban J connectivity index is 2.03. The van der Waals surface area contributed by atoms with Crippen LogP contribution in [0.5, 0.6) is 34.6 Å². The first-order valence-corrected chi connectivity index (χ1v) is 8.69. The number of fused-ring (bicyclic) bond motifs is 6. The normalized spacial score (nSPS) is 12.8. The average molecular weight is 380 g/mol. The van der Waals surface area contributed by atoms with Crippen LogP contribution < -0.4 is 23.5 Å². The molecule has 1 aromatic heterocycles. The molecule has 0 amide bonds. The van der Waals surface area contributed by atoms with Crippen molar-refractivity contribution in [1.29, 1.82) is 0 Å². The molecule has 0 aliphatic carbocycles. The number of phenolic OH excluding ortho intramolecular Hbond substituents is 1. The van der Waals surface area contributed by atoms with Gasteiger partial charge in [0.25, 0.3) is 0 Å². The zero-order valence-corrected chi connectivity index (χ0v) is 15.6. The van der Waals surface area contributed by atoms with Crippen molar-refractivity contribution in [2.45, 2.75) is 0 Å². The van der Waals surface area contributed by atoms with Crippen LogP contribution in [0.3, 0.4) is 0 Å². The molecule has 1 aliphatic heterocycles. The Hall–Kier alpha value is -3.61. The fraction of sp³-hybridized carbons (Fsp3) is 0.190. The number of rotatable bonds is 2. The summed E-state index contributed by atoms with van der Waals surface area (Å²) in [5, 5.41) is 25.2. The number of aromatic nitrogens is 1. The first-order valence-electron chi connectivity index (χ1n) is 8.69. The van der Waals surface area contributed by atoms with Crippen molar-refractivity contribution in [3.05, 3.63) is 30.3 Å². The lowest BCUT2D eigenvalue weighted by Crippen LogP contribution is -2.29. The molecule has 0 saturated carbocycles. The molecule has 0 radical (unpaired) electrons. The first-order chi connectivity index (χ1) is 13.5. The van der Waals surface area contributed by atoms with Crippen molar-refractivity contribution in [2.24, 2.45) is 7.05 Å². The Kier molecular flexibility index (Phi) is 3.37. The molecular weight excluding hydrogens is 362 g/mol. The summed E-state index contributed by atoms with van der Waals surface area (Å²) in [5.74, 6) is 1.99. The van der Waals surface area contributed by atoms with E-state index in [0.717, 1.165) is 21.7 Å². The minimum Gasteiger partial charge on any atom is -0.507 e. The molecule has 4 aromatic rings. The average Bonchev–Trinajstić information content (AvgIpc) is 3.16. The van der Waals surface area contributed by atoms with Gasteiger partial charge in [0.1, 0.15) is 18.2 Å². The van der Waals surface area contributed by atoms with Crippen molar-refractivity contribution in [3.8, 4) is 34.6 Å². The third kappa shape index (κ3) is 2.01. The maximum absolute atomic E-state index is 11.0.